The third kappa shape index (κ3) is 6.95. The number of fused-ring (bicyclic) bond motifs is 1. The number of carboxylic acid groups (broad SMARTS) is 1. The summed E-state index contributed by atoms with van der Waals surface area (Å²) in [5, 5.41) is 12.6. The van der Waals surface area contributed by atoms with Crippen LogP contribution in [0.5, 0.6) is 0 Å². The Morgan fingerprint density at radius 2 is 2.00 bits per heavy atom. The first kappa shape index (κ1) is 29.9. The van der Waals surface area contributed by atoms with Crippen LogP contribution in [0.1, 0.15) is 72.1 Å². The number of nitrogens with zero attached hydrogens (tertiary/aromatic N) is 2. The number of rotatable bonds is 15. The first-order chi connectivity index (χ1) is 19.3. The molecule has 40 heavy (non-hydrogen) atoms. The first-order valence-corrected chi connectivity index (χ1v) is 14.6. The fourth-order valence-electron chi connectivity index (χ4n) is 4.93. The lowest BCUT2D eigenvalue weighted by Gasteiger charge is -2.25. The van der Waals surface area contributed by atoms with Crippen LogP contribution >= 0.6 is 0 Å². The van der Waals surface area contributed by atoms with Gasteiger partial charge in [-0.3, -0.25) is 13.8 Å². The number of hydrogen-bond acceptors (Lipinski definition) is 7. The van der Waals surface area contributed by atoms with Crippen molar-refractivity contribution in [1.29, 1.82) is 0 Å². The highest BCUT2D eigenvalue weighted by molar-refractivity contribution is 7.76. The van der Waals surface area contributed by atoms with Crippen molar-refractivity contribution in [1.82, 2.24) is 14.6 Å². The summed E-state index contributed by atoms with van der Waals surface area (Å²) >= 11 is -2.50. The number of aliphatic carboxylic acids is 1. The summed E-state index contributed by atoms with van der Waals surface area (Å²) in [6.07, 6.45) is 4.27. The van der Waals surface area contributed by atoms with Gasteiger partial charge in [0.15, 0.2) is 0 Å². The number of carboxylic acids is 1. The van der Waals surface area contributed by atoms with Gasteiger partial charge in [-0.05, 0) is 55.2 Å². The van der Waals surface area contributed by atoms with Crippen LogP contribution in [0.4, 0.5) is 0 Å². The second kappa shape index (κ2) is 13.5. The molecule has 3 aromatic rings. The summed E-state index contributed by atoms with van der Waals surface area (Å²) in [5.41, 5.74) is 4.16. The lowest BCUT2D eigenvalue weighted by Crippen LogP contribution is -2.28. The minimum Gasteiger partial charge on any atom is -0.760 e. The van der Waals surface area contributed by atoms with Gasteiger partial charge in [0.1, 0.15) is 5.76 Å². The SMILES string of the molecule is CCc1ccc(-c2oc3nc(CN(CCCC[C@@H](COC)C(=O)O)S(=O)[O-])c(C4CC4)cc3c2C(=O)NC)cc1. The molecule has 0 saturated heterocycles. The predicted octanol–water partition coefficient (Wildman–Crippen LogP) is 4.41. The molecule has 1 amide bonds. The van der Waals surface area contributed by atoms with E-state index in [2.05, 4.69) is 12.2 Å². The smallest absolute Gasteiger partial charge is 0.308 e. The van der Waals surface area contributed by atoms with Crippen LogP contribution in [0.25, 0.3) is 22.4 Å². The second-order valence-corrected chi connectivity index (χ2v) is 11.1. The molecule has 1 aromatic carbocycles. The molecule has 0 radical (unpaired) electrons. The fourth-order valence-corrected chi connectivity index (χ4v) is 5.43. The number of ether oxygens (including phenoxy) is 1. The predicted molar refractivity (Wildman–Crippen MR) is 150 cm³/mol. The van der Waals surface area contributed by atoms with Crippen LogP contribution in [-0.4, -0.2) is 62.3 Å². The van der Waals surface area contributed by atoms with Gasteiger partial charge in [0.2, 0.25) is 5.71 Å². The first-order valence-electron chi connectivity index (χ1n) is 13.6. The molecule has 11 heteroatoms. The summed E-state index contributed by atoms with van der Waals surface area (Å²) in [6, 6.07) is 9.78. The summed E-state index contributed by atoms with van der Waals surface area (Å²) in [4.78, 5) is 29.1. The van der Waals surface area contributed by atoms with E-state index in [9.17, 15) is 23.5 Å². The van der Waals surface area contributed by atoms with Gasteiger partial charge >= 0.3 is 5.97 Å². The number of methoxy groups -OCH3 is 1. The Labute approximate surface area is 236 Å². The van der Waals surface area contributed by atoms with Crippen molar-refractivity contribution in [3.8, 4) is 11.3 Å². The zero-order valence-electron chi connectivity index (χ0n) is 23.1. The van der Waals surface area contributed by atoms with Crippen LogP contribution < -0.4 is 5.32 Å². The van der Waals surface area contributed by atoms with Gasteiger partial charge in [0.25, 0.3) is 5.91 Å². The highest BCUT2D eigenvalue weighted by Crippen LogP contribution is 2.44. The number of aryl methyl sites for hydroxylation is 1. The molecule has 2 aromatic heterocycles. The van der Waals surface area contributed by atoms with Gasteiger partial charge in [-0.15, -0.1) is 0 Å². The number of furan rings is 1. The van der Waals surface area contributed by atoms with Gasteiger partial charge in [-0.1, -0.05) is 37.6 Å². The Bertz CT molecular complexity index is 1370. The summed E-state index contributed by atoms with van der Waals surface area (Å²) < 4.78 is 36.7. The molecule has 1 unspecified atom stereocenters. The summed E-state index contributed by atoms with van der Waals surface area (Å²) in [6.45, 7) is 2.49. The molecule has 1 fully saturated rings. The highest BCUT2D eigenvalue weighted by atomic mass is 32.2. The second-order valence-electron chi connectivity index (χ2n) is 10.2. The van der Waals surface area contributed by atoms with Gasteiger partial charge in [-0.25, -0.2) is 9.29 Å². The standard InChI is InChI=1S/C29H37N3O7S/c1-4-18-8-10-20(11-9-18)26-25(27(33)30-2)23-15-22(19-12-13-19)24(31-28(23)39-26)16-32(40(36)37)14-6-5-7-21(17-38-3)29(34)35/h8-11,15,19,21H,4-7,12-14,16-17H2,1-3H3,(H,30,33)(H,34,35)(H,36,37)/p-1/t21-/m0/s1. The van der Waals surface area contributed by atoms with E-state index in [1.807, 2.05) is 30.3 Å². The van der Waals surface area contributed by atoms with E-state index < -0.39 is 23.2 Å². The molecule has 1 aliphatic carbocycles. The van der Waals surface area contributed by atoms with Gasteiger partial charge in [-0.2, -0.15) is 0 Å². The van der Waals surface area contributed by atoms with E-state index in [1.165, 1.54) is 17.0 Å². The normalized spacial score (nSPS) is 14.9. The molecule has 0 bridgehead atoms. The summed E-state index contributed by atoms with van der Waals surface area (Å²) in [7, 11) is 3.03. The Morgan fingerprint density at radius 1 is 1.27 bits per heavy atom. The quantitative estimate of drug-likeness (QED) is 0.202. The average Bonchev–Trinajstić information content (AvgIpc) is 3.73. The van der Waals surface area contributed by atoms with Crippen LogP contribution in [0, 0.1) is 5.92 Å². The highest BCUT2D eigenvalue weighted by Gasteiger charge is 2.31. The molecule has 0 spiro atoms. The van der Waals surface area contributed by atoms with E-state index >= 15 is 0 Å². The van der Waals surface area contributed by atoms with Gasteiger partial charge in [0.05, 0.1) is 35.7 Å². The fraction of sp³-hybridized carbons (Fsp3) is 0.483. The maximum Gasteiger partial charge on any atom is 0.308 e. The van der Waals surface area contributed by atoms with Crippen molar-refractivity contribution < 1.29 is 32.6 Å². The molecule has 1 aliphatic rings. The minimum atomic E-state index is -2.50. The van der Waals surface area contributed by atoms with Crippen LogP contribution in [0.15, 0.2) is 34.7 Å². The van der Waals surface area contributed by atoms with E-state index in [4.69, 9.17) is 14.1 Å². The number of hydrogen-bond donors (Lipinski definition) is 2. The van der Waals surface area contributed by atoms with E-state index in [0.717, 1.165) is 30.4 Å². The number of carbonyl (C=O) groups excluding carboxylic acids is 1. The van der Waals surface area contributed by atoms with Crippen molar-refractivity contribution in [3.05, 3.63) is 52.7 Å². The lowest BCUT2D eigenvalue weighted by molar-refractivity contribution is -0.143. The Morgan fingerprint density at radius 3 is 2.58 bits per heavy atom. The van der Waals surface area contributed by atoms with Crippen molar-refractivity contribution >= 4 is 34.2 Å². The summed E-state index contributed by atoms with van der Waals surface area (Å²) in [5.74, 6) is -1.15. The number of unbranched alkanes of at least 4 members (excludes halogenated alkanes) is 1. The molecule has 216 valence electrons. The molecule has 10 nitrogen and oxygen atoms in total. The zero-order valence-corrected chi connectivity index (χ0v) is 23.9. The van der Waals surface area contributed by atoms with Crippen LogP contribution in [0.3, 0.4) is 0 Å². The van der Waals surface area contributed by atoms with Crippen molar-refractivity contribution in [2.45, 2.75) is 57.9 Å². The number of carbonyl (C=O) groups is 2. The Balaban J connectivity index is 1.63. The number of pyridine rings is 1. The van der Waals surface area contributed by atoms with Crippen LogP contribution in [-0.2, 0) is 33.8 Å². The van der Waals surface area contributed by atoms with E-state index in [1.54, 1.807) is 7.05 Å². The molecule has 2 N–H and O–H groups in total. The molecule has 2 heterocycles. The topological polar surface area (TPSA) is 145 Å². The van der Waals surface area contributed by atoms with Crippen molar-refractivity contribution in [2.24, 2.45) is 5.92 Å². The largest absolute Gasteiger partial charge is 0.760 e. The zero-order chi connectivity index (χ0) is 28.8. The Kier molecular flexibility index (Phi) is 10.1. The number of nitrogens with one attached hydrogen (secondary N) is 1. The molecule has 1 saturated carbocycles. The van der Waals surface area contributed by atoms with Gasteiger partial charge in [0, 0.05) is 37.5 Å². The number of benzene rings is 1. The molecule has 2 atom stereocenters. The lowest BCUT2D eigenvalue weighted by atomic mass is 10.0. The van der Waals surface area contributed by atoms with Crippen molar-refractivity contribution in [2.75, 3.05) is 27.3 Å². The minimum absolute atomic E-state index is 0.0643. The number of amides is 1. The third-order valence-electron chi connectivity index (χ3n) is 7.35. The van der Waals surface area contributed by atoms with Crippen molar-refractivity contribution in [3.63, 3.8) is 0 Å². The third-order valence-corrected chi connectivity index (χ3v) is 8.09. The average molecular weight is 571 g/mol. The molecule has 0 aliphatic heterocycles. The maximum atomic E-state index is 13.0. The van der Waals surface area contributed by atoms with Gasteiger partial charge < -0.3 is 24.1 Å². The molecular formula is C29H36N3O7S-. The maximum absolute atomic E-state index is 13.0. The van der Waals surface area contributed by atoms with E-state index in [-0.39, 0.29) is 37.2 Å². The molecular weight excluding hydrogens is 534 g/mol. The Hall–Kier alpha value is -3.12. The van der Waals surface area contributed by atoms with Crippen LogP contribution in [0.2, 0.25) is 0 Å². The molecule has 4 rings (SSSR count). The van der Waals surface area contributed by atoms with E-state index in [0.29, 0.717) is 41.7 Å². The monoisotopic (exact) mass is 570 g/mol. The number of aromatic nitrogens is 1.